The van der Waals surface area contributed by atoms with Crippen molar-refractivity contribution in [1.82, 2.24) is 4.98 Å². The third-order valence-electron chi connectivity index (χ3n) is 3.57. The van der Waals surface area contributed by atoms with E-state index in [-0.39, 0.29) is 56.6 Å². The molecule has 6 heteroatoms. The molecule has 1 aliphatic carbocycles. The van der Waals surface area contributed by atoms with E-state index in [4.69, 9.17) is 4.74 Å². The molecule has 0 aromatic heterocycles. The molecule has 1 atom stereocenters. The molecule has 22 heavy (non-hydrogen) atoms. The topological polar surface area (TPSA) is 21.3 Å². The fourth-order valence-electron chi connectivity index (χ4n) is 3.14. The SMILES string of the molecule is COC1=CC([Si](C)(C)NC(C)(C)C)c2ccccc21.[Cl-].[Cl-].[Zr+2]. The van der Waals surface area contributed by atoms with Gasteiger partial charge in [-0.1, -0.05) is 37.4 Å². The molecule has 1 aromatic carbocycles. The van der Waals surface area contributed by atoms with Crippen molar-refractivity contribution in [3.05, 3.63) is 41.5 Å². The molecule has 0 aliphatic heterocycles. The largest absolute Gasteiger partial charge is 2.00 e. The fourth-order valence-corrected chi connectivity index (χ4v) is 6.83. The van der Waals surface area contributed by atoms with Crippen LogP contribution in [0.15, 0.2) is 30.3 Å². The number of methoxy groups -OCH3 is 1. The minimum absolute atomic E-state index is 0. The zero-order chi connectivity index (χ0) is 14.3. The molecular weight excluding hydrogens is 412 g/mol. The van der Waals surface area contributed by atoms with Crippen LogP contribution in [0.25, 0.3) is 5.76 Å². The Bertz CT molecular complexity index is 515. The Hall–Kier alpha value is 0.400. The van der Waals surface area contributed by atoms with Gasteiger partial charge in [0.25, 0.3) is 0 Å². The monoisotopic (exact) mass is 435 g/mol. The van der Waals surface area contributed by atoms with Gasteiger partial charge in [-0.25, -0.2) is 0 Å². The first-order valence-electron chi connectivity index (χ1n) is 6.89. The molecule has 0 amide bonds. The molecule has 1 aliphatic rings. The van der Waals surface area contributed by atoms with Crippen LogP contribution in [0, 0.1) is 0 Å². The summed E-state index contributed by atoms with van der Waals surface area (Å²) in [6, 6.07) is 8.60. The Morgan fingerprint density at radius 2 is 1.64 bits per heavy atom. The average molecular weight is 438 g/mol. The van der Waals surface area contributed by atoms with E-state index >= 15 is 0 Å². The molecule has 2 nitrogen and oxygen atoms in total. The molecule has 1 N–H and O–H groups in total. The zero-order valence-electron chi connectivity index (χ0n) is 14.1. The van der Waals surface area contributed by atoms with Crippen molar-refractivity contribution >= 4 is 14.0 Å². The summed E-state index contributed by atoms with van der Waals surface area (Å²) in [7, 11) is 0.139. The standard InChI is InChI=1S/C16H25NOSi.2ClH.Zr/c1-16(2,3)17-19(5,6)15-11-14(18-4)12-9-7-8-10-13(12)15;;;/h7-11,15,17H,1-6H3;2*1H;/q;;;+2/p-2. The summed E-state index contributed by atoms with van der Waals surface area (Å²) in [6.45, 7) is 11.5. The van der Waals surface area contributed by atoms with Crippen LogP contribution in [-0.2, 0) is 30.9 Å². The van der Waals surface area contributed by atoms with Crippen LogP contribution in [0.5, 0.6) is 0 Å². The molecule has 1 aromatic rings. The van der Waals surface area contributed by atoms with Crippen LogP contribution >= 0.6 is 0 Å². The van der Waals surface area contributed by atoms with Crippen LogP contribution in [-0.4, -0.2) is 20.9 Å². The Morgan fingerprint density at radius 1 is 1.09 bits per heavy atom. The maximum absolute atomic E-state index is 5.55. The van der Waals surface area contributed by atoms with Crippen LogP contribution in [0.3, 0.4) is 0 Å². The Kier molecular flexibility index (Phi) is 10.1. The van der Waals surface area contributed by atoms with Crippen LogP contribution in [0.2, 0.25) is 13.1 Å². The van der Waals surface area contributed by atoms with Crippen molar-refractivity contribution in [3.63, 3.8) is 0 Å². The van der Waals surface area contributed by atoms with E-state index in [0.717, 1.165) is 5.76 Å². The first-order chi connectivity index (χ1) is 8.74. The van der Waals surface area contributed by atoms with Gasteiger partial charge in [0.1, 0.15) is 14.0 Å². The minimum Gasteiger partial charge on any atom is -1.00 e. The number of ether oxygens (including phenoxy) is 1. The second kappa shape index (κ2) is 9.03. The Labute approximate surface area is 167 Å². The molecular formula is C16H25Cl2NOSiZr. The third-order valence-corrected chi connectivity index (χ3v) is 7.00. The third kappa shape index (κ3) is 5.49. The van der Waals surface area contributed by atoms with E-state index in [2.05, 4.69) is 69.2 Å². The van der Waals surface area contributed by atoms with Gasteiger partial charge in [-0.05, 0) is 32.4 Å². The predicted octanol–water partition coefficient (Wildman–Crippen LogP) is -2.09. The Balaban J connectivity index is 0. The van der Waals surface area contributed by atoms with Gasteiger partial charge in [0.2, 0.25) is 0 Å². The fraction of sp³-hybridized carbons (Fsp3) is 0.500. The summed E-state index contributed by atoms with van der Waals surface area (Å²) in [5.74, 6) is 1.02. The Morgan fingerprint density at radius 3 is 2.14 bits per heavy atom. The van der Waals surface area contributed by atoms with Gasteiger partial charge in [0.15, 0.2) is 0 Å². The van der Waals surface area contributed by atoms with Crippen molar-refractivity contribution in [2.75, 3.05) is 7.11 Å². The van der Waals surface area contributed by atoms with E-state index in [9.17, 15) is 0 Å². The molecule has 0 saturated heterocycles. The predicted molar refractivity (Wildman–Crippen MR) is 84.5 cm³/mol. The van der Waals surface area contributed by atoms with Crippen molar-refractivity contribution in [1.29, 1.82) is 0 Å². The van der Waals surface area contributed by atoms with Gasteiger partial charge in [0.05, 0.1) is 7.11 Å². The van der Waals surface area contributed by atoms with Gasteiger partial charge in [-0.15, -0.1) is 0 Å². The second-order valence-corrected chi connectivity index (χ2v) is 11.2. The van der Waals surface area contributed by atoms with E-state index in [1.54, 1.807) is 7.11 Å². The maximum atomic E-state index is 5.55. The van der Waals surface area contributed by atoms with Crippen LogP contribution in [0.4, 0.5) is 0 Å². The van der Waals surface area contributed by atoms with Gasteiger partial charge >= 0.3 is 26.2 Å². The van der Waals surface area contributed by atoms with Crippen LogP contribution < -0.4 is 29.8 Å². The number of halogens is 2. The van der Waals surface area contributed by atoms with Gasteiger partial charge in [0, 0.05) is 16.6 Å². The number of fused-ring (bicyclic) bond motifs is 1. The number of hydrogen-bond donors (Lipinski definition) is 1. The molecule has 0 fully saturated rings. The quantitative estimate of drug-likeness (QED) is 0.548. The number of nitrogens with one attached hydrogen (secondary N) is 1. The van der Waals surface area contributed by atoms with E-state index in [0.29, 0.717) is 5.54 Å². The maximum Gasteiger partial charge on any atom is 2.00 e. The first-order valence-corrected chi connectivity index (χ1v) is 9.97. The van der Waals surface area contributed by atoms with Crippen molar-refractivity contribution < 1.29 is 55.8 Å². The second-order valence-electron chi connectivity index (χ2n) is 6.90. The van der Waals surface area contributed by atoms with E-state index in [1.807, 2.05) is 0 Å². The zero-order valence-corrected chi connectivity index (χ0v) is 19.1. The number of benzene rings is 1. The number of hydrogen-bond acceptors (Lipinski definition) is 2. The summed E-state index contributed by atoms with van der Waals surface area (Å²) in [6.07, 6.45) is 2.30. The molecule has 2 rings (SSSR count). The van der Waals surface area contributed by atoms with Crippen molar-refractivity contribution in [2.45, 2.75) is 44.9 Å². The summed E-state index contributed by atoms with van der Waals surface area (Å²) < 4.78 is 5.55. The van der Waals surface area contributed by atoms with Crippen molar-refractivity contribution in [2.24, 2.45) is 0 Å². The molecule has 0 radical (unpaired) electrons. The summed E-state index contributed by atoms with van der Waals surface area (Å²) in [5.41, 5.74) is 3.28. The first kappa shape index (κ1) is 24.6. The van der Waals surface area contributed by atoms with Gasteiger partial charge in [-0.2, -0.15) is 0 Å². The smallest absolute Gasteiger partial charge is 1.00 e. The summed E-state index contributed by atoms with van der Waals surface area (Å²) >= 11 is 0. The number of rotatable bonds is 3. The summed E-state index contributed by atoms with van der Waals surface area (Å²) in [5, 5.41) is 0. The molecule has 122 valence electrons. The minimum atomic E-state index is -1.62. The molecule has 0 bridgehead atoms. The molecule has 0 spiro atoms. The number of allylic oxidation sites excluding steroid dienone is 1. The molecule has 1 unspecified atom stereocenters. The summed E-state index contributed by atoms with van der Waals surface area (Å²) in [4.78, 5) is 3.86. The molecule has 0 saturated carbocycles. The van der Waals surface area contributed by atoms with E-state index in [1.165, 1.54) is 11.1 Å². The van der Waals surface area contributed by atoms with E-state index < -0.39 is 8.24 Å². The van der Waals surface area contributed by atoms with Gasteiger partial charge in [-0.3, -0.25) is 0 Å². The van der Waals surface area contributed by atoms with Gasteiger partial charge < -0.3 is 34.5 Å². The molecule has 0 heterocycles. The van der Waals surface area contributed by atoms with Crippen LogP contribution in [0.1, 0.15) is 37.4 Å². The van der Waals surface area contributed by atoms with Crippen molar-refractivity contribution in [3.8, 4) is 0 Å². The normalized spacial score (nSPS) is 16.5. The average Bonchev–Trinajstić information content (AvgIpc) is 2.65.